The van der Waals surface area contributed by atoms with Crippen LogP contribution in [0, 0.1) is 0 Å². The summed E-state index contributed by atoms with van der Waals surface area (Å²) in [7, 11) is 0. The first-order valence-corrected chi connectivity index (χ1v) is 9.65. The van der Waals surface area contributed by atoms with E-state index in [1.54, 1.807) is 0 Å². The topological polar surface area (TPSA) is 93.4 Å². The molecule has 150 valence electrons. The zero-order chi connectivity index (χ0) is 20.2. The van der Waals surface area contributed by atoms with Gasteiger partial charge in [0.15, 0.2) is 0 Å². The number of amides is 2. The van der Waals surface area contributed by atoms with Crippen LogP contribution >= 0.6 is 0 Å². The molecule has 6 nitrogen and oxygen atoms in total. The number of nitrogens with two attached hydrogens (primary N) is 1. The molecule has 0 aliphatic rings. The van der Waals surface area contributed by atoms with Gasteiger partial charge in [0.25, 0.3) is 0 Å². The molecular formula is C22H29N3O3. The highest BCUT2D eigenvalue weighted by atomic mass is 16.5. The Morgan fingerprint density at radius 1 is 1.04 bits per heavy atom. The van der Waals surface area contributed by atoms with Gasteiger partial charge in [-0.05, 0) is 30.4 Å². The van der Waals surface area contributed by atoms with E-state index in [0.717, 1.165) is 17.5 Å². The van der Waals surface area contributed by atoms with Gasteiger partial charge in [0.05, 0.1) is 6.04 Å². The fourth-order valence-electron chi connectivity index (χ4n) is 2.96. The van der Waals surface area contributed by atoms with E-state index in [-0.39, 0.29) is 18.6 Å². The maximum atomic E-state index is 11.8. The van der Waals surface area contributed by atoms with Crippen molar-refractivity contribution in [2.75, 3.05) is 6.54 Å². The molecule has 2 rings (SSSR count). The summed E-state index contributed by atoms with van der Waals surface area (Å²) in [6.07, 6.45) is 1.53. The van der Waals surface area contributed by atoms with Gasteiger partial charge in [0.1, 0.15) is 6.61 Å². The smallest absolute Gasteiger partial charge is 0.407 e. The Morgan fingerprint density at radius 3 is 2.29 bits per heavy atom. The minimum atomic E-state index is -0.469. The molecule has 0 aliphatic heterocycles. The normalized spacial score (nSPS) is 12.8. The number of hydrogen-bond acceptors (Lipinski definition) is 4. The van der Waals surface area contributed by atoms with Gasteiger partial charge in [-0.1, -0.05) is 67.6 Å². The minimum absolute atomic E-state index is 0.0579. The highest BCUT2D eigenvalue weighted by Gasteiger charge is 2.19. The summed E-state index contributed by atoms with van der Waals surface area (Å²) in [5.41, 5.74) is 7.61. The maximum absolute atomic E-state index is 11.8. The van der Waals surface area contributed by atoms with Crippen molar-refractivity contribution in [3.8, 4) is 0 Å². The third-order valence-corrected chi connectivity index (χ3v) is 4.51. The lowest BCUT2D eigenvalue weighted by Gasteiger charge is -2.23. The third kappa shape index (κ3) is 7.40. The summed E-state index contributed by atoms with van der Waals surface area (Å²) in [5.74, 6) is -0.388. The Bertz CT molecular complexity index is 722. The van der Waals surface area contributed by atoms with Gasteiger partial charge >= 0.3 is 6.09 Å². The summed E-state index contributed by atoms with van der Waals surface area (Å²) < 4.78 is 5.17. The summed E-state index contributed by atoms with van der Waals surface area (Å²) >= 11 is 0. The van der Waals surface area contributed by atoms with Gasteiger partial charge in [-0.3, -0.25) is 10.1 Å². The molecule has 0 saturated heterocycles. The molecule has 0 spiro atoms. The molecule has 0 bridgehead atoms. The Balaban J connectivity index is 1.72. The van der Waals surface area contributed by atoms with Gasteiger partial charge in [0, 0.05) is 12.6 Å². The van der Waals surface area contributed by atoms with Crippen LogP contribution in [-0.2, 0) is 16.1 Å². The number of carbonyl (C=O) groups excluding carboxylic acids is 2. The molecule has 2 amide bonds. The van der Waals surface area contributed by atoms with Crippen molar-refractivity contribution in [2.24, 2.45) is 5.73 Å². The third-order valence-electron chi connectivity index (χ3n) is 4.51. The molecule has 4 N–H and O–H groups in total. The van der Waals surface area contributed by atoms with E-state index in [2.05, 4.69) is 17.6 Å². The molecule has 28 heavy (non-hydrogen) atoms. The average Bonchev–Trinajstić information content (AvgIpc) is 2.73. The predicted molar refractivity (Wildman–Crippen MR) is 109 cm³/mol. The number of hydrogen-bond donors (Lipinski definition) is 3. The predicted octanol–water partition coefficient (Wildman–Crippen LogP) is 3.29. The Morgan fingerprint density at radius 2 is 1.68 bits per heavy atom. The lowest BCUT2D eigenvalue weighted by Crippen LogP contribution is -2.43. The van der Waals surface area contributed by atoms with Crippen molar-refractivity contribution in [3.63, 3.8) is 0 Å². The number of primary amides is 1. The van der Waals surface area contributed by atoms with E-state index in [1.807, 2.05) is 60.7 Å². The number of ether oxygens (including phenoxy) is 1. The molecule has 0 heterocycles. The highest BCUT2D eigenvalue weighted by Crippen LogP contribution is 2.17. The van der Waals surface area contributed by atoms with E-state index in [0.29, 0.717) is 19.4 Å². The first kappa shape index (κ1) is 21.4. The van der Waals surface area contributed by atoms with Crippen molar-refractivity contribution >= 4 is 12.0 Å². The van der Waals surface area contributed by atoms with Crippen LogP contribution in [0.3, 0.4) is 0 Å². The van der Waals surface area contributed by atoms with Crippen molar-refractivity contribution in [1.29, 1.82) is 0 Å². The van der Waals surface area contributed by atoms with Gasteiger partial charge in [-0.2, -0.15) is 0 Å². The van der Waals surface area contributed by atoms with Crippen LogP contribution in [0.25, 0.3) is 0 Å². The quantitative estimate of drug-likeness (QED) is 0.519. The van der Waals surface area contributed by atoms with Crippen LogP contribution in [0.15, 0.2) is 60.7 Å². The summed E-state index contributed by atoms with van der Waals surface area (Å²) in [5, 5.41) is 6.04. The molecular weight excluding hydrogens is 354 g/mol. The van der Waals surface area contributed by atoms with Crippen LogP contribution in [0.1, 0.15) is 43.4 Å². The lowest BCUT2D eigenvalue weighted by atomic mass is 10.0. The maximum Gasteiger partial charge on any atom is 0.407 e. The fourth-order valence-corrected chi connectivity index (χ4v) is 2.96. The SMILES string of the molecule is CC[C@@H](N[C@H](CCCNC(=O)OCc1ccccc1)C(N)=O)c1ccccc1. The molecule has 2 atom stereocenters. The van der Waals surface area contributed by atoms with Crippen molar-refractivity contribution < 1.29 is 14.3 Å². The van der Waals surface area contributed by atoms with Crippen LogP contribution in [0.4, 0.5) is 4.79 Å². The zero-order valence-electron chi connectivity index (χ0n) is 16.3. The van der Waals surface area contributed by atoms with E-state index < -0.39 is 12.1 Å². The van der Waals surface area contributed by atoms with Crippen LogP contribution in [0.5, 0.6) is 0 Å². The van der Waals surface area contributed by atoms with E-state index in [9.17, 15) is 9.59 Å². The largest absolute Gasteiger partial charge is 0.445 e. The highest BCUT2D eigenvalue weighted by molar-refractivity contribution is 5.79. The van der Waals surface area contributed by atoms with Crippen molar-refractivity contribution in [2.45, 2.75) is 44.9 Å². The van der Waals surface area contributed by atoms with Crippen molar-refractivity contribution in [3.05, 3.63) is 71.8 Å². The molecule has 6 heteroatoms. The molecule has 0 aromatic heterocycles. The first-order chi connectivity index (χ1) is 13.6. The van der Waals surface area contributed by atoms with Crippen LogP contribution < -0.4 is 16.4 Å². The molecule has 0 fully saturated rings. The number of benzene rings is 2. The van der Waals surface area contributed by atoms with E-state index >= 15 is 0 Å². The number of rotatable bonds is 11. The van der Waals surface area contributed by atoms with Crippen LogP contribution in [-0.4, -0.2) is 24.6 Å². The Labute approximate surface area is 166 Å². The number of carbonyl (C=O) groups is 2. The zero-order valence-corrected chi connectivity index (χ0v) is 16.3. The fraction of sp³-hybridized carbons (Fsp3) is 0.364. The van der Waals surface area contributed by atoms with Gasteiger partial charge in [-0.25, -0.2) is 4.79 Å². The number of alkyl carbamates (subject to hydrolysis) is 1. The second-order valence-corrected chi connectivity index (χ2v) is 6.62. The first-order valence-electron chi connectivity index (χ1n) is 9.65. The molecule has 2 aromatic carbocycles. The van der Waals surface area contributed by atoms with Gasteiger partial charge in [-0.15, -0.1) is 0 Å². The van der Waals surface area contributed by atoms with Gasteiger partial charge in [0.2, 0.25) is 5.91 Å². The molecule has 0 unspecified atom stereocenters. The monoisotopic (exact) mass is 383 g/mol. The molecule has 0 radical (unpaired) electrons. The molecule has 2 aromatic rings. The van der Waals surface area contributed by atoms with E-state index in [4.69, 9.17) is 10.5 Å². The standard InChI is InChI=1S/C22H29N3O3/c1-2-19(18-12-7-4-8-13-18)25-20(21(23)26)14-9-15-24-22(27)28-16-17-10-5-3-6-11-17/h3-8,10-13,19-20,25H,2,9,14-16H2,1H3,(H2,23,26)(H,24,27)/t19-,20-/m1/s1. The van der Waals surface area contributed by atoms with Crippen LogP contribution in [0.2, 0.25) is 0 Å². The summed E-state index contributed by atoms with van der Waals surface area (Å²) in [6.45, 7) is 2.71. The van der Waals surface area contributed by atoms with Crippen molar-refractivity contribution in [1.82, 2.24) is 10.6 Å². The average molecular weight is 383 g/mol. The molecule has 0 aliphatic carbocycles. The van der Waals surface area contributed by atoms with Gasteiger partial charge < -0.3 is 15.8 Å². The Hall–Kier alpha value is -2.86. The Kier molecular flexibility index (Phi) is 9.01. The second kappa shape index (κ2) is 11.8. The lowest BCUT2D eigenvalue weighted by molar-refractivity contribution is -0.120. The number of nitrogens with one attached hydrogen (secondary N) is 2. The second-order valence-electron chi connectivity index (χ2n) is 6.62. The van der Waals surface area contributed by atoms with E-state index in [1.165, 1.54) is 0 Å². The summed E-state index contributed by atoms with van der Waals surface area (Å²) in [4.78, 5) is 23.6. The molecule has 0 saturated carbocycles. The summed E-state index contributed by atoms with van der Waals surface area (Å²) in [6, 6.07) is 19.1. The minimum Gasteiger partial charge on any atom is -0.445 e.